The van der Waals surface area contributed by atoms with E-state index in [1.807, 2.05) is 119 Å². The van der Waals surface area contributed by atoms with Gasteiger partial charge in [-0.3, -0.25) is 4.79 Å². The smallest absolute Gasteiger partial charge is 0.444 e. The van der Waals surface area contributed by atoms with Crippen LogP contribution in [-0.2, 0) is 25.3 Å². The Kier molecular flexibility index (Phi) is 24.8. The fraction of sp³-hybridized carbons (Fsp3) is 0.394. The molecular formula is C66H80BBr3FN15O7. The van der Waals surface area contributed by atoms with Gasteiger partial charge < -0.3 is 61.7 Å². The summed E-state index contributed by atoms with van der Waals surface area (Å²) in [5, 5.41) is 18.8. The molecule has 0 spiro atoms. The number of nitriles is 1. The van der Waals surface area contributed by atoms with Crippen molar-refractivity contribution in [3.05, 3.63) is 162 Å². The van der Waals surface area contributed by atoms with Crippen LogP contribution in [0.1, 0.15) is 140 Å². The maximum atomic E-state index is 13.3. The number of anilines is 4. The number of nitrogens with one attached hydrogen (secondary N) is 3. The number of nitrogen functional groups attached to an aromatic ring is 3. The Morgan fingerprint density at radius 1 is 0.742 bits per heavy atom. The quantitative estimate of drug-likeness (QED) is 0.0694. The highest BCUT2D eigenvalue weighted by atomic mass is 79.9. The molecule has 4 aromatic heterocycles. The molecule has 0 saturated carbocycles. The van der Waals surface area contributed by atoms with Crippen LogP contribution in [-0.4, -0.2) is 127 Å². The topological polar surface area (TPSA) is 310 Å². The number of carbonyl (C=O) groups excluding carboxylic acids is 3. The highest BCUT2D eigenvalue weighted by Crippen LogP contribution is 2.40. The van der Waals surface area contributed by atoms with E-state index in [9.17, 15) is 24.0 Å². The summed E-state index contributed by atoms with van der Waals surface area (Å²) in [5.74, 6) is 0.958. The van der Waals surface area contributed by atoms with Crippen LogP contribution in [0, 0.1) is 17.1 Å². The first-order valence-corrected chi connectivity index (χ1v) is 32.5. The van der Waals surface area contributed by atoms with Crippen LogP contribution in [0.25, 0.3) is 22.3 Å². The van der Waals surface area contributed by atoms with Gasteiger partial charge >= 0.3 is 19.3 Å². The lowest BCUT2D eigenvalue weighted by atomic mass is 9.75. The molecule has 1 fully saturated rings. The van der Waals surface area contributed by atoms with Gasteiger partial charge in [-0.15, -0.1) is 0 Å². The third kappa shape index (κ3) is 21.1. The zero-order valence-electron chi connectivity index (χ0n) is 54.2. The minimum Gasteiger partial charge on any atom is -0.444 e. The van der Waals surface area contributed by atoms with Gasteiger partial charge in [-0.2, -0.15) is 5.26 Å². The van der Waals surface area contributed by atoms with Gasteiger partial charge in [0.2, 0.25) is 0 Å². The van der Waals surface area contributed by atoms with Gasteiger partial charge in [0.15, 0.2) is 5.82 Å². The SMILES string of the molecule is CC(C)(C)OC(=O)N1CC=C(B2OC(C)(C)C(C)(C)O2)CC1.CC(C)(C)OC(=O)N1CC=C(c2nc(Br)cnc2N)CC1.C[C@H](NC(=O)c1cc(C#N)cnc1NCc1ccc(-c2cnc(N)c(C3=CCNCC3)c2)cc1)c1ccc(F)cc1.Nc1ncc(Br)nc1Br. The van der Waals surface area contributed by atoms with E-state index < -0.39 is 11.2 Å². The average Bonchev–Trinajstić information content (AvgIpc) is 1.66. The first-order chi connectivity index (χ1) is 43.8. The molecule has 4 aliphatic rings. The van der Waals surface area contributed by atoms with Crippen molar-refractivity contribution < 1.29 is 37.6 Å². The fourth-order valence-corrected chi connectivity index (χ4v) is 10.5. The first-order valence-electron chi connectivity index (χ1n) is 30.1. The van der Waals surface area contributed by atoms with E-state index in [0.29, 0.717) is 81.9 Å². The molecule has 10 rings (SSSR count). The van der Waals surface area contributed by atoms with E-state index in [1.54, 1.807) is 40.5 Å². The summed E-state index contributed by atoms with van der Waals surface area (Å²) >= 11 is 9.54. The second-order valence-corrected chi connectivity index (χ2v) is 27.5. The molecule has 0 aliphatic carbocycles. The summed E-state index contributed by atoms with van der Waals surface area (Å²) in [6.45, 7) is 25.6. The van der Waals surface area contributed by atoms with E-state index in [4.69, 9.17) is 36.0 Å². The number of hydrogen-bond acceptors (Lipinski definition) is 19. The van der Waals surface area contributed by atoms with Gasteiger partial charge in [0, 0.05) is 62.8 Å². The van der Waals surface area contributed by atoms with Gasteiger partial charge in [0.25, 0.3) is 5.91 Å². The lowest BCUT2D eigenvalue weighted by Crippen LogP contribution is -2.41. The van der Waals surface area contributed by atoms with Crippen molar-refractivity contribution >= 4 is 107 Å². The monoisotopic (exact) mass is 1460 g/mol. The second-order valence-electron chi connectivity index (χ2n) is 25.1. The summed E-state index contributed by atoms with van der Waals surface area (Å²) < 4.78 is 38.0. The van der Waals surface area contributed by atoms with Crippen molar-refractivity contribution in [3.8, 4) is 17.2 Å². The summed E-state index contributed by atoms with van der Waals surface area (Å²) in [6, 6.07) is 19.3. The molecule has 4 aliphatic heterocycles. The largest absolute Gasteiger partial charge is 0.490 e. The summed E-state index contributed by atoms with van der Waals surface area (Å²) in [7, 11) is -0.314. The van der Waals surface area contributed by atoms with Crippen molar-refractivity contribution in [2.75, 3.05) is 61.8 Å². The Bertz CT molecular complexity index is 3770. The fourth-order valence-electron chi connectivity index (χ4n) is 9.44. The molecule has 22 nitrogen and oxygen atoms in total. The van der Waals surface area contributed by atoms with Gasteiger partial charge in [-0.05, 0) is 207 Å². The molecule has 27 heteroatoms. The lowest BCUT2D eigenvalue weighted by Gasteiger charge is -2.32. The standard InChI is InChI=1S/C32H30FN7O.C16H28BNO4.C14H19BrN4O2.C4H3Br2N3/c1-20(23-6-8-27(33)9-7-23)40-32(41)29-14-22(16-34)18-39-31(29)38-17-21-2-4-24(5-3-21)26-15-28(30(35)37-19-26)25-10-12-36-13-11-25;1-14(2,3)20-13(19)18-10-8-12(9-11-18)17-21-15(4,5)16(6,7)22-17;1-14(2,3)21-13(20)19-6-4-9(5-7-19)11-12(16)17-8-10(15)18-11;5-2-1-8-4(7)3(6)9-2/h2-10,14-15,18-20,36H,11-13,17H2,1H3,(H2,35,37)(H,38,39)(H,40,41);8H,9-11H2,1-7H3;4,8H,5-7H2,1-3H3,(H2,16,17);1H,(H2,7,8)/t20-;;;/m0.../s1. The zero-order chi connectivity index (χ0) is 68.0. The maximum absolute atomic E-state index is 13.3. The van der Waals surface area contributed by atoms with Crippen molar-refractivity contribution in [3.63, 3.8) is 0 Å². The van der Waals surface area contributed by atoms with Crippen LogP contribution in [0.4, 0.5) is 37.3 Å². The predicted molar refractivity (Wildman–Crippen MR) is 371 cm³/mol. The molecule has 3 amide bonds. The van der Waals surface area contributed by atoms with E-state index in [2.05, 4.69) is 106 Å². The predicted octanol–water partition coefficient (Wildman–Crippen LogP) is 12.8. The van der Waals surface area contributed by atoms with Crippen molar-refractivity contribution in [2.45, 2.75) is 130 Å². The highest BCUT2D eigenvalue weighted by molar-refractivity contribution is 9.11. The Morgan fingerprint density at radius 2 is 1.33 bits per heavy atom. The molecule has 492 valence electrons. The van der Waals surface area contributed by atoms with E-state index in [-0.39, 0.29) is 59.4 Å². The van der Waals surface area contributed by atoms with Gasteiger partial charge in [-0.1, -0.05) is 54.6 Å². The normalized spacial score (nSPS) is 16.2. The highest BCUT2D eigenvalue weighted by Gasteiger charge is 2.52. The number of carbonyl (C=O) groups is 3. The number of nitrogens with two attached hydrogens (primary N) is 3. The number of benzene rings is 2. The molecule has 1 atom stereocenters. The van der Waals surface area contributed by atoms with Crippen molar-refractivity contribution in [1.29, 1.82) is 5.26 Å². The molecule has 93 heavy (non-hydrogen) atoms. The Morgan fingerprint density at radius 3 is 1.87 bits per heavy atom. The number of hydrogen-bond donors (Lipinski definition) is 6. The number of nitrogens with zero attached hydrogens (tertiary/aromatic N) is 9. The number of amides is 3. The molecule has 0 radical (unpaired) electrons. The number of halogens is 4. The first kappa shape index (κ1) is 72.6. The third-order valence-corrected chi connectivity index (χ3v) is 16.5. The van der Waals surface area contributed by atoms with Crippen LogP contribution in [0.5, 0.6) is 0 Å². The summed E-state index contributed by atoms with van der Waals surface area (Å²) in [5.41, 5.74) is 25.0. The summed E-state index contributed by atoms with van der Waals surface area (Å²) in [4.78, 5) is 65.5. The van der Waals surface area contributed by atoms with Crippen molar-refractivity contribution in [1.82, 2.24) is 50.3 Å². The van der Waals surface area contributed by atoms with Crippen LogP contribution in [0.2, 0.25) is 0 Å². The zero-order valence-corrected chi connectivity index (χ0v) is 58.9. The van der Waals surface area contributed by atoms with Gasteiger partial charge in [0.1, 0.15) is 60.0 Å². The van der Waals surface area contributed by atoms with E-state index in [1.165, 1.54) is 30.0 Å². The molecule has 0 bridgehead atoms. The van der Waals surface area contributed by atoms with E-state index >= 15 is 0 Å². The maximum Gasteiger partial charge on any atom is 0.490 e. The molecule has 8 heterocycles. The second kappa shape index (κ2) is 31.8. The molecular weight excluding hydrogens is 1380 g/mol. The van der Waals surface area contributed by atoms with Gasteiger partial charge in [0.05, 0.1) is 40.8 Å². The Hall–Kier alpha value is -7.87. The van der Waals surface area contributed by atoms with Crippen molar-refractivity contribution in [2.24, 2.45) is 0 Å². The van der Waals surface area contributed by atoms with Crippen LogP contribution >= 0.6 is 47.8 Å². The third-order valence-electron chi connectivity index (χ3n) is 15.2. The molecule has 0 unspecified atom stereocenters. The van der Waals surface area contributed by atoms with Crippen LogP contribution < -0.4 is 33.2 Å². The number of aromatic nitrogens is 6. The molecule has 1 saturated heterocycles. The van der Waals surface area contributed by atoms with Crippen LogP contribution in [0.15, 0.2) is 123 Å². The van der Waals surface area contributed by atoms with Crippen LogP contribution in [0.3, 0.4) is 0 Å². The molecule has 6 aromatic rings. The minimum absolute atomic E-state index is 0.252. The Labute approximate surface area is 568 Å². The van der Waals surface area contributed by atoms with Gasteiger partial charge in [-0.25, -0.2) is 43.9 Å². The Balaban J connectivity index is 0.000000198. The number of ether oxygens (including phenoxy) is 2. The average molecular weight is 1460 g/mol. The number of rotatable bonds is 10. The minimum atomic E-state index is -0.485. The molecule has 2 aromatic carbocycles. The van der Waals surface area contributed by atoms with E-state index in [0.717, 1.165) is 64.8 Å². The number of pyridine rings is 2. The summed E-state index contributed by atoms with van der Waals surface area (Å²) in [6.07, 6.45) is 14.2. The lowest BCUT2D eigenvalue weighted by molar-refractivity contribution is 0.00578. The molecule has 9 N–H and O–H groups in total.